The van der Waals surface area contributed by atoms with Gasteiger partial charge in [-0.25, -0.2) is 4.79 Å². The Morgan fingerprint density at radius 2 is 2.07 bits per heavy atom. The van der Waals surface area contributed by atoms with Crippen LogP contribution in [0.2, 0.25) is 0 Å². The molecular formula is C8H13O5P. The smallest absolute Gasteiger partial charge is 0.336 e. The third kappa shape index (κ3) is 2.05. The van der Waals surface area contributed by atoms with Crippen LogP contribution >= 0.6 is 7.60 Å². The van der Waals surface area contributed by atoms with Crippen LogP contribution in [0.25, 0.3) is 0 Å². The van der Waals surface area contributed by atoms with Crippen molar-refractivity contribution in [1.29, 1.82) is 0 Å². The Kier molecular flexibility index (Phi) is 3.48. The molecule has 5 nitrogen and oxygen atoms in total. The monoisotopic (exact) mass is 220 g/mol. The van der Waals surface area contributed by atoms with Crippen molar-refractivity contribution in [3.8, 4) is 0 Å². The second-order valence-corrected chi connectivity index (χ2v) is 5.53. The molecule has 0 aliphatic carbocycles. The highest BCUT2D eigenvalue weighted by atomic mass is 31.2. The van der Waals surface area contributed by atoms with E-state index in [9.17, 15) is 9.36 Å². The third-order valence-corrected chi connectivity index (χ3v) is 4.47. The normalized spacial score (nSPS) is 23.6. The molecule has 2 atom stereocenters. The molecule has 0 radical (unpaired) electrons. The van der Waals surface area contributed by atoms with Gasteiger partial charge < -0.3 is 13.8 Å². The van der Waals surface area contributed by atoms with E-state index in [4.69, 9.17) is 13.8 Å². The maximum absolute atomic E-state index is 11.9. The van der Waals surface area contributed by atoms with Crippen LogP contribution in [-0.2, 0) is 23.1 Å². The summed E-state index contributed by atoms with van der Waals surface area (Å²) in [7, 11) is -0.563. The average molecular weight is 220 g/mol. The van der Waals surface area contributed by atoms with Gasteiger partial charge in [0.05, 0.1) is 5.66 Å². The Hall–Kier alpha value is -0.640. The van der Waals surface area contributed by atoms with Gasteiger partial charge in [0, 0.05) is 20.3 Å². The first kappa shape index (κ1) is 11.4. The van der Waals surface area contributed by atoms with Gasteiger partial charge in [-0.05, 0) is 13.0 Å². The van der Waals surface area contributed by atoms with Crippen LogP contribution in [0.3, 0.4) is 0 Å². The number of hydrogen-bond acceptors (Lipinski definition) is 5. The first-order valence-corrected chi connectivity index (χ1v) is 5.74. The molecule has 0 aromatic rings. The molecule has 0 saturated heterocycles. The molecule has 80 valence electrons. The lowest BCUT2D eigenvalue weighted by Crippen LogP contribution is -2.24. The van der Waals surface area contributed by atoms with Crippen molar-refractivity contribution < 1.29 is 23.1 Å². The van der Waals surface area contributed by atoms with Crippen LogP contribution in [0.5, 0.6) is 0 Å². The van der Waals surface area contributed by atoms with Crippen molar-refractivity contribution in [2.75, 3.05) is 14.2 Å². The molecule has 0 bridgehead atoms. The fourth-order valence-corrected chi connectivity index (χ4v) is 2.57. The average Bonchev–Trinajstić information content (AvgIpc) is 2.62. The zero-order valence-electron chi connectivity index (χ0n) is 8.30. The SMILES string of the molecule is COP(=O)(OC)[C@H](C)C1C=CC(=O)O1. The van der Waals surface area contributed by atoms with Crippen molar-refractivity contribution in [3.63, 3.8) is 0 Å². The van der Waals surface area contributed by atoms with E-state index in [1.54, 1.807) is 13.0 Å². The van der Waals surface area contributed by atoms with E-state index in [0.29, 0.717) is 0 Å². The second kappa shape index (κ2) is 4.26. The summed E-state index contributed by atoms with van der Waals surface area (Å²) in [6.07, 6.45) is 2.32. The number of ether oxygens (including phenoxy) is 1. The number of carbonyl (C=O) groups excluding carboxylic acids is 1. The third-order valence-electron chi connectivity index (χ3n) is 2.16. The fraction of sp³-hybridized carbons (Fsp3) is 0.625. The molecule has 1 aliphatic rings. The zero-order chi connectivity index (χ0) is 10.8. The maximum Gasteiger partial charge on any atom is 0.336 e. The van der Waals surface area contributed by atoms with Crippen molar-refractivity contribution in [1.82, 2.24) is 0 Å². The first-order chi connectivity index (χ1) is 6.53. The summed E-state index contributed by atoms with van der Waals surface area (Å²) in [5, 5.41) is 0. The Morgan fingerprint density at radius 3 is 2.43 bits per heavy atom. The minimum absolute atomic E-state index is 0.430. The van der Waals surface area contributed by atoms with Gasteiger partial charge in [-0.15, -0.1) is 0 Å². The van der Waals surface area contributed by atoms with Gasteiger partial charge >= 0.3 is 13.6 Å². The molecule has 0 saturated carbocycles. The van der Waals surface area contributed by atoms with Crippen molar-refractivity contribution >= 4 is 13.6 Å². The predicted molar refractivity (Wildman–Crippen MR) is 50.1 cm³/mol. The van der Waals surface area contributed by atoms with E-state index in [0.717, 1.165) is 0 Å². The van der Waals surface area contributed by atoms with Gasteiger partial charge in [-0.2, -0.15) is 0 Å². The minimum Gasteiger partial charge on any atom is -0.454 e. The quantitative estimate of drug-likeness (QED) is 0.528. The van der Waals surface area contributed by atoms with E-state index in [1.807, 2.05) is 0 Å². The molecule has 14 heavy (non-hydrogen) atoms. The molecule has 0 N–H and O–H groups in total. The standard InChI is InChI=1S/C8H13O5P/c1-6(14(10,11-2)12-3)7-4-5-8(9)13-7/h4-7H,1-3H3/t6-,7?/m1/s1. The molecule has 6 heteroatoms. The van der Waals surface area contributed by atoms with E-state index in [1.165, 1.54) is 20.3 Å². The molecule has 0 aromatic heterocycles. The Balaban J connectivity index is 2.74. The minimum atomic E-state index is -3.18. The summed E-state index contributed by atoms with van der Waals surface area (Å²) in [6, 6.07) is 0. The lowest BCUT2D eigenvalue weighted by atomic mass is 10.3. The summed E-state index contributed by atoms with van der Waals surface area (Å²) in [5.41, 5.74) is -0.500. The van der Waals surface area contributed by atoms with Gasteiger partial charge in [-0.3, -0.25) is 4.57 Å². The van der Waals surface area contributed by atoms with Crippen LogP contribution in [0.1, 0.15) is 6.92 Å². The highest BCUT2D eigenvalue weighted by molar-refractivity contribution is 7.54. The van der Waals surface area contributed by atoms with Gasteiger partial charge in [0.25, 0.3) is 0 Å². The lowest BCUT2D eigenvalue weighted by Gasteiger charge is -2.23. The van der Waals surface area contributed by atoms with Gasteiger partial charge in [0.15, 0.2) is 0 Å². The van der Waals surface area contributed by atoms with E-state index in [-0.39, 0.29) is 0 Å². The molecule has 0 fully saturated rings. The molecule has 0 aromatic carbocycles. The lowest BCUT2D eigenvalue weighted by molar-refractivity contribution is -0.138. The summed E-state index contributed by atoms with van der Waals surface area (Å²) < 4.78 is 26.4. The first-order valence-electron chi connectivity index (χ1n) is 4.13. The highest BCUT2D eigenvalue weighted by Gasteiger charge is 2.38. The van der Waals surface area contributed by atoms with E-state index >= 15 is 0 Å². The molecular weight excluding hydrogens is 207 g/mol. The van der Waals surface area contributed by atoms with Gasteiger partial charge in [-0.1, -0.05) is 0 Å². The molecule has 0 amide bonds. The summed E-state index contributed by atoms with van der Waals surface area (Å²) >= 11 is 0. The Labute approximate surface area is 82.6 Å². The number of hydrogen-bond donors (Lipinski definition) is 0. The zero-order valence-corrected chi connectivity index (χ0v) is 9.19. The molecule has 1 heterocycles. The van der Waals surface area contributed by atoms with E-state index in [2.05, 4.69) is 0 Å². The van der Waals surface area contributed by atoms with Crippen LogP contribution in [0.4, 0.5) is 0 Å². The van der Waals surface area contributed by atoms with Crippen LogP contribution in [0, 0.1) is 0 Å². The Morgan fingerprint density at radius 1 is 1.50 bits per heavy atom. The van der Waals surface area contributed by atoms with E-state index < -0.39 is 25.3 Å². The summed E-state index contributed by atoms with van der Waals surface area (Å²) in [4.78, 5) is 10.8. The second-order valence-electron chi connectivity index (χ2n) is 2.91. The fourth-order valence-electron chi connectivity index (χ4n) is 1.23. The van der Waals surface area contributed by atoms with Crippen molar-refractivity contribution in [2.24, 2.45) is 0 Å². The van der Waals surface area contributed by atoms with Crippen LogP contribution in [0.15, 0.2) is 12.2 Å². The summed E-state index contributed by atoms with van der Waals surface area (Å²) in [5.74, 6) is -0.430. The van der Waals surface area contributed by atoms with Crippen LogP contribution < -0.4 is 0 Å². The van der Waals surface area contributed by atoms with Crippen LogP contribution in [-0.4, -0.2) is 32.0 Å². The maximum atomic E-state index is 11.9. The number of carbonyl (C=O) groups is 1. The largest absolute Gasteiger partial charge is 0.454 e. The number of rotatable bonds is 4. The molecule has 0 spiro atoms. The van der Waals surface area contributed by atoms with Gasteiger partial charge in [0.2, 0.25) is 0 Å². The molecule has 1 aliphatic heterocycles. The predicted octanol–water partition coefficient (Wildman–Crippen LogP) is 1.34. The summed E-state index contributed by atoms with van der Waals surface area (Å²) in [6.45, 7) is 1.65. The highest BCUT2D eigenvalue weighted by Crippen LogP contribution is 2.53. The van der Waals surface area contributed by atoms with Gasteiger partial charge in [0.1, 0.15) is 6.10 Å². The topological polar surface area (TPSA) is 61.8 Å². The molecule has 1 rings (SSSR count). The number of cyclic esters (lactones) is 1. The van der Waals surface area contributed by atoms with Crippen molar-refractivity contribution in [2.45, 2.75) is 18.7 Å². The Bertz CT molecular complexity index is 290. The molecule has 1 unspecified atom stereocenters. The van der Waals surface area contributed by atoms with Crippen molar-refractivity contribution in [3.05, 3.63) is 12.2 Å². The number of esters is 1.